The third kappa shape index (κ3) is 3.16. The predicted octanol–water partition coefficient (Wildman–Crippen LogP) is 5.29. The van der Waals surface area contributed by atoms with Crippen molar-refractivity contribution in [2.75, 3.05) is 6.61 Å². The van der Waals surface area contributed by atoms with Gasteiger partial charge >= 0.3 is 0 Å². The van der Waals surface area contributed by atoms with Gasteiger partial charge in [-0.05, 0) is 90.9 Å². The summed E-state index contributed by atoms with van der Waals surface area (Å²) in [7, 11) is 0. The van der Waals surface area contributed by atoms with Gasteiger partial charge in [-0.15, -0.1) is 0 Å². The van der Waals surface area contributed by atoms with E-state index in [9.17, 15) is 20.1 Å². The van der Waals surface area contributed by atoms with Gasteiger partial charge in [0.1, 0.15) is 0 Å². The van der Waals surface area contributed by atoms with Crippen molar-refractivity contribution in [3.63, 3.8) is 0 Å². The molecule has 0 radical (unpaired) electrons. The average molecular weight is 473 g/mol. The van der Waals surface area contributed by atoms with E-state index >= 15 is 0 Å². The highest BCUT2D eigenvalue weighted by Gasteiger charge is 2.65. The molecule has 10 atom stereocenters. The van der Waals surface area contributed by atoms with E-state index in [1.165, 1.54) is 12.0 Å². The van der Waals surface area contributed by atoms with Gasteiger partial charge in [-0.25, -0.2) is 0 Å². The van der Waals surface area contributed by atoms with Crippen LogP contribution in [0.15, 0.2) is 11.6 Å². The molecule has 0 heterocycles. The Balaban J connectivity index is 1.58. The van der Waals surface area contributed by atoms with Gasteiger partial charge in [-0.2, -0.15) is 0 Å². The number of aliphatic hydroxyl groups is 3. The summed E-state index contributed by atoms with van der Waals surface area (Å²) in [6.45, 7) is 13.7. The molecule has 34 heavy (non-hydrogen) atoms. The molecular weight excluding hydrogens is 424 g/mol. The zero-order valence-electron chi connectivity index (χ0n) is 22.4. The third-order valence-corrected chi connectivity index (χ3v) is 12.5. The van der Waals surface area contributed by atoms with Gasteiger partial charge in [0.15, 0.2) is 5.78 Å². The molecule has 0 aliphatic heterocycles. The van der Waals surface area contributed by atoms with Crippen LogP contribution in [0.1, 0.15) is 99.3 Å². The van der Waals surface area contributed by atoms with Crippen LogP contribution in [0.3, 0.4) is 0 Å². The van der Waals surface area contributed by atoms with Crippen LogP contribution >= 0.6 is 0 Å². The topological polar surface area (TPSA) is 77.8 Å². The van der Waals surface area contributed by atoms with E-state index in [4.69, 9.17) is 0 Å². The second-order valence-electron chi connectivity index (χ2n) is 14.9. The molecule has 0 aromatic carbocycles. The summed E-state index contributed by atoms with van der Waals surface area (Å²) >= 11 is 0. The molecule has 5 rings (SSSR count). The molecule has 4 saturated carbocycles. The lowest BCUT2D eigenvalue weighted by atomic mass is 9.42. The van der Waals surface area contributed by atoms with Gasteiger partial charge in [-0.3, -0.25) is 4.79 Å². The van der Waals surface area contributed by atoms with Crippen LogP contribution in [-0.2, 0) is 4.79 Å². The Labute approximate surface area is 206 Å². The highest BCUT2D eigenvalue weighted by Crippen LogP contribution is 2.70. The maximum absolute atomic E-state index is 13.7. The molecule has 5 aliphatic carbocycles. The van der Waals surface area contributed by atoms with E-state index < -0.39 is 17.6 Å². The maximum Gasteiger partial charge on any atom is 0.159 e. The number of aliphatic hydroxyl groups excluding tert-OH is 3. The number of carbonyl (C=O) groups excluding carboxylic acids is 1. The Bertz CT molecular complexity index is 892. The van der Waals surface area contributed by atoms with Gasteiger partial charge in [0, 0.05) is 23.9 Å². The number of hydrogen-bond acceptors (Lipinski definition) is 4. The lowest BCUT2D eigenvalue weighted by Gasteiger charge is -2.63. The van der Waals surface area contributed by atoms with Gasteiger partial charge in [-0.1, -0.05) is 53.5 Å². The molecule has 2 unspecified atom stereocenters. The van der Waals surface area contributed by atoms with Crippen LogP contribution in [0, 0.1) is 50.7 Å². The van der Waals surface area contributed by atoms with E-state index in [2.05, 4.69) is 27.7 Å². The minimum atomic E-state index is -0.488. The van der Waals surface area contributed by atoms with E-state index in [1.54, 1.807) is 0 Å². The first-order valence-electron chi connectivity index (χ1n) is 13.9. The first-order valence-corrected chi connectivity index (χ1v) is 13.9. The second-order valence-corrected chi connectivity index (χ2v) is 14.9. The highest BCUT2D eigenvalue weighted by atomic mass is 16.3. The zero-order valence-corrected chi connectivity index (χ0v) is 22.4. The second kappa shape index (κ2) is 7.65. The molecule has 0 bridgehead atoms. The van der Waals surface area contributed by atoms with Crippen LogP contribution < -0.4 is 0 Å². The van der Waals surface area contributed by atoms with Gasteiger partial charge < -0.3 is 15.3 Å². The molecule has 4 nitrogen and oxygen atoms in total. The fourth-order valence-electron chi connectivity index (χ4n) is 11.0. The molecule has 0 saturated heterocycles. The summed E-state index contributed by atoms with van der Waals surface area (Å²) in [5.41, 5.74) is 0.500. The fraction of sp³-hybridized carbons (Fsp3) is 0.900. The van der Waals surface area contributed by atoms with Crippen LogP contribution in [-0.4, -0.2) is 39.9 Å². The monoisotopic (exact) mass is 472 g/mol. The van der Waals surface area contributed by atoms with Crippen molar-refractivity contribution in [3.8, 4) is 0 Å². The van der Waals surface area contributed by atoms with Crippen molar-refractivity contribution in [3.05, 3.63) is 11.6 Å². The summed E-state index contributed by atoms with van der Waals surface area (Å²) in [6, 6.07) is 0. The van der Waals surface area contributed by atoms with E-state index in [1.807, 2.05) is 19.9 Å². The van der Waals surface area contributed by atoms with Gasteiger partial charge in [0.05, 0.1) is 12.2 Å². The van der Waals surface area contributed by atoms with Crippen LogP contribution in [0.4, 0.5) is 0 Å². The number of carbonyl (C=O) groups is 1. The molecule has 3 N–H and O–H groups in total. The average Bonchev–Trinajstić information content (AvgIpc) is 2.85. The van der Waals surface area contributed by atoms with Crippen molar-refractivity contribution in [2.45, 2.75) is 112 Å². The molecule has 4 heteroatoms. The number of rotatable bonds is 1. The first-order chi connectivity index (χ1) is 15.7. The maximum atomic E-state index is 13.7. The standard InChI is InChI=1S/C30H48O4/c1-26(2)23(34)9-13-30(6)24-18(14-20(33)25(26)30)16-27(3)12-8-21-28(4,17-31)10-7-11-29(21,5)22(27)15-19(24)32/h14,19,21-25,31-32,34H,7-13,15-17H2,1-6H3/t19-,21?,22?,23-,24-,25+,27+,28-,29+,30-/m1/s1. The Morgan fingerprint density at radius 2 is 1.62 bits per heavy atom. The molecule has 0 aromatic rings. The van der Waals surface area contributed by atoms with Crippen LogP contribution in [0.25, 0.3) is 0 Å². The Morgan fingerprint density at radius 1 is 0.912 bits per heavy atom. The lowest BCUT2D eigenvalue weighted by Crippen LogP contribution is -2.59. The van der Waals surface area contributed by atoms with Gasteiger partial charge in [0.2, 0.25) is 0 Å². The van der Waals surface area contributed by atoms with Gasteiger partial charge in [0.25, 0.3) is 0 Å². The number of fused-ring (bicyclic) bond motifs is 6. The molecule has 192 valence electrons. The van der Waals surface area contributed by atoms with E-state index in [0.29, 0.717) is 18.3 Å². The largest absolute Gasteiger partial charge is 0.396 e. The summed E-state index contributed by atoms with van der Waals surface area (Å²) in [5.74, 6) is 0.754. The molecule has 4 fully saturated rings. The Kier molecular flexibility index (Phi) is 5.62. The third-order valence-electron chi connectivity index (χ3n) is 12.5. The van der Waals surface area contributed by atoms with Crippen molar-refractivity contribution in [1.82, 2.24) is 0 Å². The molecular formula is C30H48O4. The Morgan fingerprint density at radius 3 is 2.29 bits per heavy atom. The summed E-state index contributed by atoms with van der Waals surface area (Å²) in [5, 5.41) is 33.2. The normalized spacial score (nSPS) is 54.6. The summed E-state index contributed by atoms with van der Waals surface area (Å²) in [6.07, 6.45) is 9.75. The van der Waals surface area contributed by atoms with Crippen molar-refractivity contribution < 1.29 is 20.1 Å². The highest BCUT2D eigenvalue weighted by molar-refractivity contribution is 5.95. The Hall–Kier alpha value is -0.710. The predicted molar refractivity (Wildman–Crippen MR) is 134 cm³/mol. The minimum Gasteiger partial charge on any atom is -0.396 e. The molecule has 5 aliphatic rings. The molecule has 0 spiro atoms. The fourth-order valence-corrected chi connectivity index (χ4v) is 11.0. The smallest absolute Gasteiger partial charge is 0.159 e. The SMILES string of the molecule is CC1(C)[C@H](O)CC[C@]2(C)[C@@H]3C(=CC(=O)[C@@H]12)C[C@]1(C)CCC2[C@@](C)(CO)CCC[C@]2(C)C1C[C@H]3O. The van der Waals surface area contributed by atoms with Crippen molar-refractivity contribution >= 4 is 5.78 Å². The zero-order chi connectivity index (χ0) is 24.9. The van der Waals surface area contributed by atoms with Crippen LogP contribution in [0.2, 0.25) is 0 Å². The first kappa shape index (κ1) is 25.0. The van der Waals surface area contributed by atoms with E-state index in [0.717, 1.165) is 44.9 Å². The lowest BCUT2D eigenvalue weighted by molar-refractivity contribution is -0.163. The van der Waals surface area contributed by atoms with Crippen LogP contribution in [0.5, 0.6) is 0 Å². The molecule has 0 aromatic heterocycles. The number of allylic oxidation sites excluding steroid dienone is 1. The summed E-state index contributed by atoms with van der Waals surface area (Å²) < 4.78 is 0. The van der Waals surface area contributed by atoms with Crippen molar-refractivity contribution in [1.29, 1.82) is 0 Å². The van der Waals surface area contributed by atoms with E-state index in [-0.39, 0.29) is 45.9 Å². The quantitative estimate of drug-likeness (QED) is 0.484. The number of ketones is 1. The van der Waals surface area contributed by atoms with Crippen molar-refractivity contribution in [2.24, 2.45) is 50.7 Å². The molecule has 0 amide bonds. The number of hydrogen-bond donors (Lipinski definition) is 3. The minimum absolute atomic E-state index is 0.0146. The summed E-state index contributed by atoms with van der Waals surface area (Å²) in [4.78, 5) is 13.7.